The van der Waals surface area contributed by atoms with E-state index in [9.17, 15) is 9.18 Å². The van der Waals surface area contributed by atoms with Gasteiger partial charge < -0.3 is 9.15 Å². The summed E-state index contributed by atoms with van der Waals surface area (Å²) in [5.74, 6) is -0.502. The van der Waals surface area contributed by atoms with Crippen molar-refractivity contribution < 1.29 is 18.3 Å². The Bertz CT molecular complexity index is 1230. The summed E-state index contributed by atoms with van der Waals surface area (Å²) in [4.78, 5) is 20.3. The largest absolute Gasteiger partial charge is 0.465 e. The fourth-order valence-corrected chi connectivity index (χ4v) is 2.99. The minimum atomic E-state index is -0.425. The molecule has 0 fully saturated rings. The molecule has 0 aliphatic heterocycles. The number of ether oxygens (including phenoxy) is 1. The molecule has 0 aliphatic rings. The molecular weight excluding hydrogens is 395 g/mol. The number of methoxy groups -OCH3 is 1. The van der Waals surface area contributed by atoms with E-state index < -0.39 is 5.82 Å². The van der Waals surface area contributed by atoms with Crippen LogP contribution in [0.3, 0.4) is 0 Å². The topological polar surface area (TPSA) is 64.7 Å². The standard InChI is InChI=1S/C22H14ClFN2O3/c1-28-22(27)14-4-2-13(3-5-14)12-25-16-7-9-20-19(11-16)26-21(29-20)17-8-6-15(24)10-18(17)23/h2-12H,1H3. The Labute approximate surface area is 170 Å². The van der Waals surface area contributed by atoms with Gasteiger partial charge in [0, 0.05) is 6.21 Å². The van der Waals surface area contributed by atoms with Crippen molar-refractivity contribution in [1.29, 1.82) is 0 Å². The molecule has 0 bridgehead atoms. The maximum atomic E-state index is 13.3. The number of aliphatic imine (C=N–C) groups is 1. The summed E-state index contributed by atoms with van der Waals surface area (Å²) in [5.41, 5.74) is 3.68. The van der Waals surface area contributed by atoms with E-state index in [1.807, 2.05) is 0 Å². The van der Waals surface area contributed by atoms with Gasteiger partial charge in [0.15, 0.2) is 5.58 Å². The van der Waals surface area contributed by atoms with Crippen LogP contribution in [0.2, 0.25) is 5.02 Å². The quantitative estimate of drug-likeness (QED) is 0.315. The number of halogens is 2. The van der Waals surface area contributed by atoms with Gasteiger partial charge in [-0.2, -0.15) is 0 Å². The molecule has 0 amide bonds. The second-order valence-electron chi connectivity index (χ2n) is 6.17. The van der Waals surface area contributed by atoms with Gasteiger partial charge >= 0.3 is 5.97 Å². The van der Waals surface area contributed by atoms with Crippen LogP contribution < -0.4 is 0 Å². The zero-order chi connectivity index (χ0) is 20.4. The fourth-order valence-electron chi connectivity index (χ4n) is 2.75. The molecule has 0 radical (unpaired) electrons. The van der Waals surface area contributed by atoms with Crippen LogP contribution in [-0.4, -0.2) is 24.3 Å². The number of carbonyl (C=O) groups is 1. The SMILES string of the molecule is COC(=O)c1ccc(C=Nc2ccc3oc(-c4ccc(F)cc4Cl)nc3c2)cc1. The van der Waals surface area contributed by atoms with E-state index in [-0.39, 0.29) is 11.0 Å². The van der Waals surface area contributed by atoms with E-state index in [4.69, 9.17) is 16.0 Å². The van der Waals surface area contributed by atoms with Crippen molar-refractivity contribution in [2.75, 3.05) is 7.11 Å². The van der Waals surface area contributed by atoms with Gasteiger partial charge in [0.2, 0.25) is 5.89 Å². The molecule has 4 aromatic rings. The average Bonchev–Trinajstić information content (AvgIpc) is 3.15. The lowest BCUT2D eigenvalue weighted by Gasteiger charge is -1.99. The van der Waals surface area contributed by atoms with E-state index in [0.29, 0.717) is 33.8 Å². The number of fused-ring (bicyclic) bond motifs is 1. The number of nitrogens with zero attached hydrogens (tertiary/aromatic N) is 2. The first-order valence-electron chi connectivity index (χ1n) is 8.62. The molecule has 1 heterocycles. The number of esters is 1. The Kier molecular flexibility index (Phi) is 5.10. The number of oxazole rings is 1. The molecule has 4 rings (SSSR count). The van der Waals surface area contributed by atoms with Crippen LogP contribution in [-0.2, 0) is 4.74 Å². The van der Waals surface area contributed by atoms with E-state index in [0.717, 1.165) is 5.56 Å². The molecule has 3 aromatic carbocycles. The van der Waals surface area contributed by atoms with Crippen molar-refractivity contribution in [3.05, 3.63) is 82.6 Å². The zero-order valence-corrected chi connectivity index (χ0v) is 16.0. The van der Waals surface area contributed by atoms with Crippen molar-refractivity contribution in [1.82, 2.24) is 4.98 Å². The molecule has 0 unspecified atom stereocenters. The van der Waals surface area contributed by atoms with Crippen molar-refractivity contribution in [2.24, 2.45) is 4.99 Å². The fraction of sp³-hybridized carbons (Fsp3) is 0.0455. The summed E-state index contributed by atoms with van der Waals surface area (Å²) in [6.45, 7) is 0. The number of rotatable bonds is 4. The highest BCUT2D eigenvalue weighted by atomic mass is 35.5. The Balaban J connectivity index is 1.59. The van der Waals surface area contributed by atoms with Gasteiger partial charge in [-0.1, -0.05) is 23.7 Å². The number of carbonyl (C=O) groups excluding carboxylic acids is 1. The molecule has 144 valence electrons. The van der Waals surface area contributed by atoms with Crippen LogP contribution in [0.1, 0.15) is 15.9 Å². The molecule has 0 saturated heterocycles. The first kappa shape index (κ1) is 18.8. The number of hydrogen-bond donors (Lipinski definition) is 0. The predicted octanol–water partition coefficient (Wildman–Crippen LogP) is 5.82. The van der Waals surface area contributed by atoms with Crippen LogP contribution in [0, 0.1) is 5.82 Å². The third kappa shape index (κ3) is 4.02. The summed E-state index contributed by atoms with van der Waals surface area (Å²) in [6.07, 6.45) is 1.68. The molecule has 0 N–H and O–H groups in total. The molecule has 0 aliphatic carbocycles. The highest BCUT2D eigenvalue weighted by Crippen LogP contribution is 2.31. The number of benzene rings is 3. The maximum Gasteiger partial charge on any atom is 0.337 e. The van der Waals surface area contributed by atoms with E-state index in [1.54, 1.807) is 48.7 Å². The highest BCUT2D eigenvalue weighted by molar-refractivity contribution is 6.33. The van der Waals surface area contributed by atoms with Crippen LogP contribution >= 0.6 is 11.6 Å². The summed E-state index contributed by atoms with van der Waals surface area (Å²) in [6, 6.07) is 16.3. The Hall–Kier alpha value is -3.51. The van der Waals surface area contributed by atoms with Crippen LogP contribution in [0.15, 0.2) is 70.1 Å². The highest BCUT2D eigenvalue weighted by Gasteiger charge is 2.12. The molecular formula is C22H14ClFN2O3. The summed E-state index contributed by atoms with van der Waals surface area (Å²) in [5, 5.41) is 0.227. The molecule has 7 heteroatoms. The summed E-state index contributed by atoms with van der Waals surface area (Å²) in [7, 11) is 1.34. The van der Waals surface area contributed by atoms with Gasteiger partial charge in [0.25, 0.3) is 0 Å². The molecule has 5 nitrogen and oxygen atoms in total. The second kappa shape index (κ2) is 7.85. The van der Waals surface area contributed by atoms with Gasteiger partial charge in [0.1, 0.15) is 11.3 Å². The van der Waals surface area contributed by atoms with Crippen molar-refractivity contribution >= 4 is 40.6 Å². The monoisotopic (exact) mass is 408 g/mol. The second-order valence-corrected chi connectivity index (χ2v) is 6.57. The van der Waals surface area contributed by atoms with E-state index in [1.165, 1.54) is 25.3 Å². The third-order valence-electron chi connectivity index (χ3n) is 4.23. The van der Waals surface area contributed by atoms with Gasteiger partial charge in [-0.3, -0.25) is 4.99 Å². The summed E-state index contributed by atoms with van der Waals surface area (Å²) >= 11 is 6.09. The van der Waals surface area contributed by atoms with Gasteiger partial charge in [-0.25, -0.2) is 14.2 Å². The Morgan fingerprint density at radius 1 is 1.14 bits per heavy atom. The third-order valence-corrected chi connectivity index (χ3v) is 4.54. The van der Waals surface area contributed by atoms with Gasteiger partial charge in [-0.05, 0) is 54.1 Å². The van der Waals surface area contributed by atoms with Gasteiger partial charge in [-0.15, -0.1) is 0 Å². The Morgan fingerprint density at radius 2 is 1.93 bits per heavy atom. The van der Waals surface area contributed by atoms with Crippen LogP contribution in [0.5, 0.6) is 0 Å². The van der Waals surface area contributed by atoms with Gasteiger partial charge in [0.05, 0.1) is 28.9 Å². The van der Waals surface area contributed by atoms with E-state index in [2.05, 4.69) is 14.7 Å². The minimum Gasteiger partial charge on any atom is -0.465 e. The molecule has 0 spiro atoms. The predicted molar refractivity (Wildman–Crippen MR) is 109 cm³/mol. The zero-order valence-electron chi connectivity index (χ0n) is 15.2. The lowest BCUT2D eigenvalue weighted by Crippen LogP contribution is -2.00. The molecule has 0 atom stereocenters. The van der Waals surface area contributed by atoms with Crippen molar-refractivity contribution in [3.63, 3.8) is 0 Å². The molecule has 29 heavy (non-hydrogen) atoms. The van der Waals surface area contributed by atoms with Crippen LogP contribution in [0.4, 0.5) is 10.1 Å². The number of hydrogen-bond acceptors (Lipinski definition) is 5. The average molecular weight is 409 g/mol. The van der Waals surface area contributed by atoms with Crippen LogP contribution in [0.25, 0.3) is 22.6 Å². The molecule has 1 aromatic heterocycles. The Morgan fingerprint density at radius 3 is 2.66 bits per heavy atom. The van der Waals surface area contributed by atoms with Crippen molar-refractivity contribution in [3.8, 4) is 11.5 Å². The first-order chi connectivity index (χ1) is 14.0. The normalized spacial score (nSPS) is 11.3. The maximum absolute atomic E-state index is 13.3. The lowest BCUT2D eigenvalue weighted by molar-refractivity contribution is 0.0600. The number of aromatic nitrogens is 1. The first-order valence-corrected chi connectivity index (χ1v) is 9.00. The molecule has 0 saturated carbocycles. The van der Waals surface area contributed by atoms with E-state index >= 15 is 0 Å². The lowest BCUT2D eigenvalue weighted by atomic mass is 10.1. The smallest absolute Gasteiger partial charge is 0.337 e. The summed E-state index contributed by atoms with van der Waals surface area (Å²) < 4.78 is 23.7. The van der Waals surface area contributed by atoms with Crippen molar-refractivity contribution in [2.45, 2.75) is 0 Å². The minimum absolute atomic E-state index is 0.227.